The summed E-state index contributed by atoms with van der Waals surface area (Å²) in [6.07, 6.45) is 4.02. The van der Waals surface area contributed by atoms with Gasteiger partial charge in [0.15, 0.2) is 5.69 Å². The number of carboxylic acids is 1. The Kier molecular flexibility index (Phi) is 5.22. The van der Waals surface area contributed by atoms with Crippen molar-refractivity contribution in [2.24, 2.45) is 0 Å². The SMILES string of the molecule is O=C(O)c1cnc(NC(CCCO)c2ccccc2)cn1. The quantitative estimate of drug-likeness (QED) is 0.722. The number of hydrogen-bond donors (Lipinski definition) is 3. The molecule has 2 aromatic rings. The van der Waals surface area contributed by atoms with Gasteiger partial charge in [-0.15, -0.1) is 0 Å². The highest BCUT2D eigenvalue weighted by molar-refractivity contribution is 5.84. The second kappa shape index (κ2) is 7.35. The summed E-state index contributed by atoms with van der Waals surface area (Å²) in [5.74, 6) is -0.597. The molecule has 3 N–H and O–H groups in total. The van der Waals surface area contributed by atoms with Gasteiger partial charge in [-0.25, -0.2) is 14.8 Å². The number of aliphatic hydroxyl groups excluding tert-OH is 1. The molecular weight excluding hydrogens is 270 g/mol. The predicted molar refractivity (Wildman–Crippen MR) is 78.1 cm³/mol. The minimum Gasteiger partial charge on any atom is -0.476 e. The third-order valence-corrected chi connectivity index (χ3v) is 3.05. The molecule has 0 aliphatic heterocycles. The number of carbonyl (C=O) groups is 1. The maximum absolute atomic E-state index is 10.7. The first kappa shape index (κ1) is 14.9. The first-order chi connectivity index (χ1) is 10.2. The molecule has 6 nitrogen and oxygen atoms in total. The lowest BCUT2D eigenvalue weighted by molar-refractivity contribution is 0.0690. The van der Waals surface area contributed by atoms with Crippen LogP contribution in [-0.4, -0.2) is 32.8 Å². The van der Waals surface area contributed by atoms with Crippen LogP contribution in [0.4, 0.5) is 5.82 Å². The van der Waals surface area contributed by atoms with E-state index in [-0.39, 0.29) is 18.3 Å². The normalized spacial score (nSPS) is 11.9. The lowest BCUT2D eigenvalue weighted by Crippen LogP contribution is -2.13. The van der Waals surface area contributed by atoms with Crippen molar-refractivity contribution in [2.45, 2.75) is 18.9 Å². The third-order valence-electron chi connectivity index (χ3n) is 3.05. The van der Waals surface area contributed by atoms with Crippen LogP contribution in [0.3, 0.4) is 0 Å². The average molecular weight is 287 g/mol. The predicted octanol–water partition coefficient (Wildman–Crippen LogP) is 2.10. The zero-order chi connectivity index (χ0) is 15.1. The summed E-state index contributed by atoms with van der Waals surface area (Å²) in [4.78, 5) is 18.6. The van der Waals surface area contributed by atoms with E-state index in [0.717, 1.165) is 12.0 Å². The first-order valence-electron chi connectivity index (χ1n) is 6.68. The molecule has 6 heteroatoms. The zero-order valence-electron chi connectivity index (χ0n) is 11.4. The van der Waals surface area contributed by atoms with Gasteiger partial charge in [-0.1, -0.05) is 30.3 Å². The highest BCUT2D eigenvalue weighted by atomic mass is 16.4. The number of aromatic carboxylic acids is 1. The van der Waals surface area contributed by atoms with Gasteiger partial charge in [0.05, 0.1) is 18.4 Å². The van der Waals surface area contributed by atoms with Gasteiger partial charge in [0.1, 0.15) is 5.82 Å². The van der Waals surface area contributed by atoms with E-state index in [1.807, 2.05) is 30.3 Å². The standard InChI is InChI=1S/C15H17N3O3/c19-8-4-7-12(11-5-2-1-3-6-11)18-14-10-16-13(9-17-14)15(20)21/h1-3,5-6,9-10,12,19H,4,7-8H2,(H,17,18)(H,20,21). The third kappa shape index (κ3) is 4.25. The summed E-state index contributed by atoms with van der Waals surface area (Å²) in [5, 5.41) is 21.0. The van der Waals surface area contributed by atoms with Crippen molar-refractivity contribution >= 4 is 11.8 Å². The van der Waals surface area contributed by atoms with E-state index in [4.69, 9.17) is 10.2 Å². The molecule has 0 aliphatic rings. The number of benzene rings is 1. The van der Waals surface area contributed by atoms with Crippen molar-refractivity contribution < 1.29 is 15.0 Å². The van der Waals surface area contributed by atoms with Crippen LogP contribution in [0.5, 0.6) is 0 Å². The van der Waals surface area contributed by atoms with E-state index in [9.17, 15) is 4.79 Å². The van der Waals surface area contributed by atoms with Gasteiger partial charge in [0, 0.05) is 6.61 Å². The Labute approximate surface area is 122 Å². The monoisotopic (exact) mass is 287 g/mol. The molecule has 0 saturated carbocycles. The van der Waals surface area contributed by atoms with Crippen molar-refractivity contribution in [1.29, 1.82) is 0 Å². The van der Waals surface area contributed by atoms with Gasteiger partial charge in [-0.2, -0.15) is 0 Å². The molecule has 1 aromatic carbocycles. The number of hydrogen-bond acceptors (Lipinski definition) is 5. The molecule has 1 aromatic heterocycles. The molecule has 0 aliphatic carbocycles. The fourth-order valence-corrected chi connectivity index (χ4v) is 1.99. The maximum atomic E-state index is 10.7. The summed E-state index contributed by atoms with van der Waals surface area (Å²) < 4.78 is 0. The van der Waals surface area contributed by atoms with Crippen LogP contribution in [-0.2, 0) is 0 Å². The topological polar surface area (TPSA) is 95.3 Å². The second-order valence-electron chi connectivity index (χ2n) is 4.57. The van der Waals surface area contributed by atoms with E-state index < -0.39 is 5.97 Å². The van der Waals surface area contributed by atoms with Crippen LogP contribution in [0.15, 0.2) is 42.7 Å². The van der Waals surface area contributed by atoms with Gasteiger partial charge >= 0.3 is 5.97 Å². The molecule has 1 unspecified atom stereocenters. The number of aromatic nitrogens is 2. The Morgan fingerprint density at radius 2 is 1.95 bits per heavy atom. The van der Waals surface area contributed by atoms with Crippen molar-refractivity contribution in [2.75, 3.05) is 11.9 Å². The smallest absolute Gasteiger partial charge is 0.356 e. The molecule has 0 radical (unpaired) electrons. The van der Waals surface area contributed by atoms with Crippen LogP contribution in [0.2, 0.25) is 0 Å². The van der Waals surface area contributed by atoms with Crippen molar-refractivity contribution in [3.05, 3.63) is 54.0 Å². The molecule has 1 atom stereocenters. The number of nitrogens with zero attached hydrogens (tertiary/aromatic N) is 2. The lowest BCUT2D eigenvalue weighted by Gasteiger charge is -2.19. The molecule has 0 amide bonds. The lowest BCUT2D eigenvalue weighted by atomic mass is 10.0. The Balaban J connectivity index is 2.12. The number of rotatable bonds is 7. The summed E-state index contributed by atoms with van der Waals surface area (Å²) in [5.41, 5.74) is 0.988. The highest BCUT2D eigenvalue weighted by Gasteiger charge is 2.12. The molecule has 0 bridgehead atoms. The molecule has 110 valence electrons. The van der Waals surface area contributed by atoms with Crippen molar-refractivity contribution in [3.63, 3.8) is 0 Å². The van der Waals surface area contributed by atoms with E-state index in [0.29, 0.717) is 12.2 Å². The molecule has 21 heavy (non-hydrogen) atoms. The maximum Gasteiger partial charge on any atom is 0.356 e. The summed E-state index contributed by atoms with van der Waals surface area (Å²) in [6, 6.07) is 9.81. The Hall–Kier alpha value is -2.47. The number of nitrogens with one attached hydrogen (secondary N) is 1. The van der Waals surface area contributed by atoms with Gasteiger partial charge in [0.2, 0.25) is 0 Å². The van der Waals surface area contributed by atoms with Crippen molar-refractivity contribution in [1.82, 2.24) is 9.97 Å². The molecule has 0 spiro atoms. The van der Waals surface area contributed by atoms with E-state index in [1.165, 1.54) is 12.4 Å². The largest absolute Gasteiger partial charge is 0.476 e. The fraction of sp³-hybridized carbons (Fsp3) is 0.267. The summed E-state index contributed by atoms with van der Waals surface area (Å²) in [6.45, 7) is 0.120. The van der Waals surface area contributed by atoms with E-state index in [1.54, 1.807) is 0 Å². The second-order valence-corrected chi connectivity index (χ2v) is 4.57. The fourth-order valence-electron chi connectivity index (χ4n) is 1.99. The molecule has 0 fully saturated rings. The number of carboxylic acid groups (broad SMARTS) is 1. The van der Waals surface area contributed by atoms with Gasteiger partial charge in [0.25, 0.3) is 0 Å². The molecule has 0 saturated heterocycles. The summed E-state index contributed by atoms with van der Waals surface area (Å²) >= 11 is 0. The first-order valence-corrected chi connectivity index (χ1v) is 6.68. The number of aliphatic hydroxyl groups is 1. The van der Waals surface area contributed by atoms with Gasteiger partial charge in [-0.3, -0.25) is 0 Å². The molecule has 2 rings (SSSR count). The van der Waals surface area contributed by atoms with Crippen LogP contribution < -0.4 is 5.32 Å². The minimum atomic E-state index is -1.10. The Morgan fingerprint density at radius 1 is 1.19 bits per heavy atom. The van der Waals surface area contributed by atoms with E-state index >= 15 is 0 Å². The molecule has 1 heterocycles. The Bertz CT molecular complexity index is 572. The Morgan fingerprint density at radius 3 is 2.52 bits per heavy atom. The van der Waals surface area contributed by atoms with Crippen LogP contribution >= 0.6 is 0 Å². The average Bonchev–Trinajstić information content (AvgIpc) is 2.52. The molecular formula is C15H17N3O3. The van der Waals surface area contributed by atoms with Crippen LogP contribution in [0.25, 0.3) is 0 Å². The minimum absolute atomic E-state index is 0.0108. The zero-order valence-corrected chi connectivity index (χ0v) is 11.4. The highest BCUT2D eigenvalue weighted by Crippen LogP contribution is 2.22. The van der Waals surface area contributed by atoms with Crippen LogP contribution in [0, 0.1) is 0 Å². The van der Waals surface area contributed by atoms with Crippen molar-refractivity contribution in [3.8, 4) is 0 Å². The van der Waals surface area contributed by atoms with E-state index in [2.05, 4.69) is 15.3 Å². The summed E-state index contributed by atoms with van der Waals surface area (Å²) in [7, 11) is 0. The van der Waals surface area contributed by atoms with Gasteiger partial charge in [-0.05, 0) is 18.4 Å². The van der Waals surface area contributed by atoms with Crippen LogP contribution in [0.1, 0.15) is 34.9 Å². The van der Waals surface area contributed by atoms with Gasteiger partial charge < -0.3 is 15.5 Å². The number of anilines is 1.